The highest BCUT2D eigenvalue weighted by Gasteiger charge is 2.24. The van der Waals surface area contributed by atoms with Gasteiger partial charge >= 0.3 is 0 Å². The number of hydrogen-bond acceptors (Lipinski definition) is 6. The van der Waals surface area contributed by atoms with E-state index in [0.717, 1.165) is 5.69 Å². The van der Waals surface area contributed by atoms with Crippen molar-refractivity contribution in [2.45, 2.75) is 51.2 Å². The molecule has 0 spiro atoms. The lowest BCUT2D eigenvalue weighted by molar-refractivity contribution is -0.116. The maximum Gasteiger partial charge on any atom is 0.274 e. The van der Waals surface area contributed by atoms with Crippen LogP contribution in [-0.4, -0.2) is 42.5 Å². The third-order valence-corrected chi connectivity index (χ3v) is 5.01. The molecule has 0 radical (unpaired) electrons. The van der Waals surface area contributed by atoms with Crippen LogP contribution < -0.4 is 10.5 Å². The summed E-state index contributed by atoms with van der Waals surface area (Å²) in [6.07, 6.45) is 0. The number of aromatic nitrogens is 5. The van der Waals surface area contributed by atoms with E-state index in [1.165, 1.54) is 16.3 Å². The maximum atomic E-state index is 12.9. The van der Waals surface area contributed by atoms with Crippen molar-refractivity contribution in [3.05, 3.63) is 46.4 Å². The van der Waals surface area contributed by atoms with Crippen LogP contribution in [0.2, 0.25) is 0 Å². The van der Waals surface area contributed by atoms with Gasteiger partial charge in [-0.3, -0.25) is 14.6 Å². The quantitative estimate of drug-likeness (QED) is 0.662. The fourth-order valence-corrected chi connectivity index (χ4v) is 3.57. The van der Waals surface area contributed by atoms with Crippen molar-refractivity contribution in [3.8, 4) is 0 Å². The minimum absolute atomic E-state index is 0.0209. The van der Waals surface area contributed by atoms with E-state index in [4.69, 9.17) is 0 Å². The van der Waals surface area contributed by atoms with E-state index < -0.39 is 5.41 Å². The molecule has 1 amide bonds. The second-order valence-corrected chi connectivity index (χ2v) is 8.69. The van der Waals surface area contributed by atoms with Crippen LogP contribution in [0.15, 0.2) is 40.3 Å². The van der Waals surface area contributed by atoms with Crippen molar-refractivity contribution >= 4 is 29.1 Å². The molecule has 0 bridgehead atoms. The van der Waals surface area contributed by atoms with E-state index in [1.807, 2.05) is 65.0 Å². The maximum absolute atomic E-state index is 12.9. The molecule has 0 aliphatic heterocycles. The molecular weight excluding hydrogens is 376 g/mol. The number of hydrogen-bond donors (Lipinski definition) is 1. The predicted molar refractivity (Wildman–Crippen MR) is 110 cm³/mol. The standard InChI is InChI=1S/C19H24N6O2S/c1-12(2)24(13-9-7-6-8-10-13)14(26)11-28-18-22-21-17-20-16(27)15(19(3,4)5)23-25(17)18/h6-10,12H,11H2,1-5H3,(H,20,21,27). The van der Waals surface area contributed by atoms with Gasteiger partial charge in [0.15, 0.2) is 0 Å². The normalized spacial score (nSPS) is 11.9. The van der Waals surface area contributed by atoms with Crippen molar-refractivity contribution in [2.24, 2.45) is 0 Å². The highest BCUT2D eigenvalue weighted by molar-refractivity contribution is 7.99. The van der Waals surface area contributed by atoms with Gasteiger partial charge in [-0.15, -0.1) is 10.2 Å². The van der Waals surface area contributed by atoms with Crippen LogP contribution in [-0.2, 0) is 10.2 Å². The number of amides is 1. The van der Waals surface area contributed by atoms with Gasteiger partial charge in [-0.1, -0.05) is 50.7 Å². The van der Waals surface area contributed by atoms with Gasteiger partial charge in [0.05, 0.1) is 5.75 Å². The molecule has 0 aliphatic carbocycles. The summed E-state index contributed by atoms with van der Waals surface area (Å²) in [6, 6.07) is 9.58. The number of nitrogens with zero attached hydrogens (tertiary/aromatic N) is 5. The Morgan fingerprint density at radius 1 is 1.21 bits per heavy atom. The summed E-state index contributed by atoms with van der Waals surface area (Å²) in [5.41, 5.74) is 0.536. The highest BCUT2D eigenvalue weighted by Crippen LogP contribution is 2.22. The number of carbonyl (C=O) groups excluding carboxylic acids is 1. The van der Waals surface area contributed by atoms with Crippen molar-refractivity contribution < 1.29 is 4.79 Å². The second kappa shape index (κ2) is 7.75. The average Bonchev–Trinajstić information content (AvgIpc) is 3.01. The Bertz CT molecular complexity index is 1040. The molecular formula is C19H24N6O2S. The summed E-state index contributed by atoms with van der Waals surface area (Å²) in [5, 5.41) is 12.9. The summed E-state index contributed by atoms with van der Waals surface area (Å²) < 4.78 is 1.49. The van der Waals surface area contributed by atoms with E-state index in [1.54, 1.807) is 4.90 Å². The largest absolute Gasteiger partial charge is 0.309 e. The Morgan fingerprint density at radius 3 is 2.50 bits per heavy atom. The number of anilines is 1. The Morgan fingerprint density at radius 2 is 1.89 bits per heavy atom. The van der Waals surface area contributed by atoms with Crippen molar-refractivity contribution in [2.75, 3.05) is 10.7 Å². The molecule has 2 heterocycles. The van der Waals surface area contributed by atoms with E-state index in [9.17, 15) is 9.59 Å². The number of thioether (sulfide) groups is 1. The van der Waals surface area contributed by atoms with Gasteiger partial charge in [0, 0.05) is 17.1 Å². The molecule has 0 aliphatic rings. The number of carbonyl (C=O) groups is 1. The van der Waals surface area contributed by atoms with Gasteiger partial charge in [-0.05, 0) is 26.0 Å². The summed E-state index contributed by atoms with van der Waals surface area (Å²) in [5.74, 6) is 0.402. The van der Waals surface area contributed by atoms with Crippen molar-refractivity contribution in [3.63, 3.8) is 0 Å². The predicted octanol–water partition coefficient (Wildman–Crippen LogP) is 2.64. The molecule has 28 heavy (non-hydrogen) atoms. The van der Waals surface area contributed by atoms with Crippen molar-refractivity contribution in [1.29, 1.82) is 0 Å². The lowest BCUT2D eigenvalue weighted by atomic mass is 9.93. The van der Waals surface area contributed by atoms with Crippen LogP contribution in [0.4, 0.5) is 5.69 Å². The number of nitrogens with one attached hydrogen (secondary N) is 1. The number of benzene rings is 1. The van der Waals surface area contributed by atoms with Gasteiger partial charge in [-0.25, -0.2) is 0 Å². The fourth-order valence-electron chi connectivity index (χ4n) is 2.83. The first-order chi connectivity index (χ1) is 13.2. The third-order valence-electron chi connectivity index (χ3n) is 4.11. The van der Waals surface area contributed by atoms with Crippen molar-refractivity contribution in [1.82, 2.24) is 24.8 Å². The first-order valence-electron chi connectivity index (χ1n) is 9.04. The van der Waals surface area contributed by atoms with Crippen LogP contribution in [0.1, 0.15) is 40.3 Å². The Hall–Kier alpha value is -2.68. The molecule has 0 atom stereocenters. The molecule has 2 aromatic heterocycles. The smallest absolute Gasteiger partial charge is 0.274 e. The lowest BCUT2D eigenvalue weighted by Gasteiger charge is -2.26. The summed E-state index contributed by atoms with van der Waals surface area (Å²) in [4.78, 5) is 29.5. The zero-order valence-corrected chi connectivity index (χ0v) is 17.4. The topological polar surface area (TPSA) is 96.2 Å². The number of fused-ring (bicyclic) bond motifs is 1. The summed E-state index contributed by atoms with van der Waals surface area (Å²) in [7, 11) is 0. The molecule has 148 valence electrons. The average molecular weight is 401 g/mol. The Labute approximate surface area is 167 Å². The van der Waals surface area contributed by atoms with E-state index in [2.05, 4.69) is 20.3 Å². The molecule has 3 aromatic rings. The molecule has 0 fully saturated rings. The SMILES string of the molecule is CC(C)N(C(=O)CSc1nnc2[nH]c(=O)c(C(C)(C)C)nn12)c1ccccc1. The monoisotopic (exact) mass is 400 g/mol. The van der Waals surface area contributed by atoms with Gasteiger partial charge in [0.2, 0.25) is 11.1 Å². The van der Waals surface area contributed by atoms with E-state index in [0.29, 0.717) is 10.9 Å². The number of rotatable bonds is 5. The van der Waals surface area contributed by atoms with Crippen LogP contribution in [0.5, 0.6) is 0 Å². The summed E-state index contributed by atoms with van der Waals surface area (Å²) in [6.45, 7) is 9.69. The third kappa shape index (κ3) is 4.09. The van der Waals surface area contributed by atoms with Gasteiger partial charge < -0.3 is 4.90 Å². The van der Waals surface area contributed by atoms with Crippen LogP contribution in [0.3, 0.4) is 0 Å². The minimum atomic E-state index is -0.425. The van der Waals surface area contributed by atoms with Crippen LogP contribution >= 0.6 is 11.8 Å². The number of para-hydroxylation sites is 1. The first kappa shape index (κ1) is 20.1. The highest BCUT2D eigenvalue weighted by atomic mass is 32.2. The molecule has 0 saturated carbocycles. The van der Waals surface area contributed by atoms with Gasteiger partial charge in [-0.2, -0.15) is 9.61 Å². The second-order valence-electron chi connectivity index (χ2n) is 7.75. The van der Waals surface area contributed by atoms with Crippen LogP contribution in [0, 0.1) is 0 Å². The lowest BCUT2D eigenvalue weighted by Crippen LogP contribution is -2.38. The zero-order valence-electron chi connectivity index (χ0n) is 16.6. The fraction of sp³-hybridized carbons (Fsp3) is 0.421. The van der Waals surface area contributed by atoms with E-state index in [-0.39, 0.29) is 29.0 Å². The molecule has 0 unspecified atom stereocenters. The molecule has 3 rings (SSSR count). The first-order valence-corrected chi connectivity index (χ1v) is 10.0. The molecule has 8 nitrogen and oxygen atoms in total. The zero-order chi connectivity index (χ0) is 20.5. The van der Waals surface area contributed by atoms with Gasteiger partial charge in [0.1, 0.15) is 5.69 Å². The molecule has 1 aromatic carbocycles. The molecule has 1 N–H and O–H groups in total. The number of H-pyrrole nitrogens is 1. The molecule has 9 heteroatoms. The Balaban J connectivity index is 1.85. The Kier molecular flexibility index (Phi) is 5.55. The minimum Gasteiger partial charge on any atom is -0.309 e. The number of aromatic amines is 1. The van der Waals surface area contributed by atoms with Gasteiger partial charge in [0.25, 0.3) is 11.3 Å². The van der Waals surface area contributed by atoms with Crippen LogP contribution in [0.25, 0.3) is 5.78 Å². The molecule has 0 saturated heterocycles. The summed E-state index contributed by atoms with van der Waals surface area (Å²) >= 11 is 1.24. The van der Waals surface area contributed by atoms with E-state index >= 15 is 0 Å².